The first-order valence-electron chi connectivity index (χ1n) is 11.3. The normalized spacial score (nSPS) is 22.6. The number of morpholine rings is 2. The Morgan fingerprint density at radius 3 is 1.94 bits per heavy atom. The SMILES string of the molecule is Fc1c(N2CCOCC2)nc(N2CCCC(c3ccccc3)C2)nc1N1CCOCC1. The van der Waals surface area contributed by atoms with Gasteiger partial charge in [-0.2, -0.15) is 14.4 Å². The van der Waals surface area contributed by atoms with Crippen LogP contribution in [0.1, 0.15) is 24.3 Å². The molecule has 31 heavy (non-hydrogen) atoms. The van der Waals surface area contributed by atoms with Crippen LogP contribution in [0.25, 0.3) is 0 Å². The van der Waals surface area contributed by atoms with E-state index in [2.05, 4.69) is 35.2 Å². The summed E-state index contributed by atoms with van der Waals surface area (Å²) < 4.78 is 26.6. The summed E-state index contributed by atoms with van der Waals surface area (Å²) in [5.41, 5.74) is 1.34. The number of piperidine rings is 1. The molecule has 4 heterocycles. The molecule has 5 rings (SSSR count). The van der Waals surface area contributed by atoms with Crippen LogP contribution in [0.4, 0.5) is 22.0 Å². The van der Waals surface area contributed by atoms with Crippen molar-refractivity contribution < 1.29 is 13.9 Å². The minimum Gasteiger partial charge on any atom is -0.378 e. The van der Waals surface area contributed by atoms with Crippen LogP contribution in [0.3, 0.4) is 0 Å². The van der Waals surface area contributed by atoms with Gasteiger partial charge in [-0.15, -0.1) is 0 Å². The molecule has 0 saturated carbocycles. The number of aromatic nitrogens is 2. The predicted molar refractivity (Wildman–Crippen MR) is 119 cm³/mol. The Hall–Kier alpha value is -2.45. The van der Waals surface area contributed by atoms with Crippen LogP contribution in [0, 0.1) is 5.82 Å². The molecular weight excluding hydrogens is 397 g/mol. The van der Waals surface area contributed by atoms with Crippen molar-refractivity contribution >= 4 is 17.6 Å². The average molecular weight is 428 g/mol. The summed E-state index contributed by atoms with van der Waals surface area (Å²) in [5, 5.41) is 0. The van der Waals surface area contributed by atoms with Gasteiger partial charge in [0.1, 0.15) is 0 Å². The van der Waals surface area contributed by atoms with Crippen molar-refractivity contribution in [2.24, 2.45) is 0 Å². The van der Waals surface area contributed by atoms with Crippen LogP contribution in [0.2, 0.25) is 0 Å². The Balaban J connectivity index is 1.48. The molecule has 0 radical (unpaired) electrons. The first-order valence-corrected chi connectivity index (χ1v) is 11.3. The van der Waals surface area contributed by atoms with E-state index in [0.717, 1.165) is 25.9 Å². The second-order valence-corrected chi connectivity index (χ2v) is 8.38. The highest BCUT2D eigenvalue weighted by molar-refractivity contribution is 5.58. The van der Waals surface area contributed by atoms with E-state index < -0.39 is 0 Å². The van der Waals surface area contributed by atoms with Gasteiger partial charge < -0.3 is 24.2 Å². The topological polar surface area (TPSA) is 54.0 Å². The van der Waals surface area contributed by atoms with Crippen LogP contribution >= 0.6 is 0 Å². The lowest BCUT2D eigenvalue weighted by molar-refractivity contribution is 0.121. The van der Waals surface area contributed by atoms with Crippen LogP contribution in [0.15, 0.2) is 30.3 Å². The first-order chi connectivity index (χ1) is 15.3. The molecule has 2 aromatic rings. The lowest BCUT2D eigenvalue weighted by Gasteiger charge is -2.36. The summed E-state index contributed by atoms with van der Waals surface area (Å²) in [6.07, 6.45) is 2.22. The van der Waals surface area contributed by atoms with Crippen molar-refractivity contribution in [3.05, 3.63) is 41.7 Å². The van der Waals surface area contributed by atoms with Gasteiger partial charge in [0.25, 0.3) is 0 Å². The van der Waals surface area contributed by atoms with Crippen molar-refractivity contribution in [2.75, 3.05) is 80.4 Å². The van der Waals surface area contributed by atoms with Gasteiger partial charge in [-0.25, -0.2) is 0 Å². The molecule has 0 spiro atoms. The zero-order valence-corrected chi connectivity index (χ0v) is 17.9. The Labute approximate surface area is 182 Å². The summed E-state index contributed by atoms with van der Waals surface area (Å²) in [7, 11) is 0. The summed E-state index contributed by atoms with van der Waals surface area (Å²) in [6.45, 7) is 6.66. The standard InChI is InChI=1S/C23H30FN5O2/c24-20-21(27-9-13-30-14-10-27)25-23(26-22(20)28-11-15-31-16-12-28)29-8-4-7-19(17-29)18-5-2-1-3-6-18/h1-3,5-6,19H,4,7-17H2. The summed E-state index contributed by atoms with van der Waals surface area (Å²) >= 11 is 0. The van der Waals surface area contributed by atoms with E-state index in [1.54, 1.807) is 0 Å². The first kappa shape index (κ1) is 20.5. The van der Waals surface area contributed by atoms with E-state index in [1.165, 1.54) is 5.56 Å². The molecule has 3 aliphatic heterocycles. The highest BCUT2D eigenvalue weighted by Crippen LogP contribution is 2.33. The van der Waals surface area contributed by atoms with Gasteiger partial charge in [0, 0.05) is 45.2 Å². The van der Waals surface area contributed by atoms with E-state index in [9.17, 15) is 0 Å². The van der Waals surface area contributed by atoms with Gasteiger partial charge in [-0.1, -0.05) is 30.3 Å². The van der Waals surface area contributed by atoms with E-state index in [4.69, 9.17) is 19.4 Å². The number of halogens is 1. The minimum atomic E-state index is -0.329. The Morgan fingerprint density at radius 1 is 0.774 bits per heavy atom. The Bertz CT molecular complexity index is 833. The predicted octanol–water partition coefficient (Wildman–Crippen LogP) is 2.67. The van der Waals surface area contributed by atoms with E-state index in [-0.39, 0.29) is 5.82 Å². The lowest BCUT2D eigenvalue weighted by Crippen LogP contribution is -2.41. The van der Waals surface area contributed by atoms with Gasteiger partial charge in [0.05, 0.1) is 26.4 Å². The van der Waals surface area contributed by atoms with Crippen molar-refractivity contribution in [3.63, 3.8) is 0 Å². The molecule has 166 valence electrons. The average Bonchev–Trinajstić information content (AvgIpc) is 2.86. The smallest absolute Gasteiger partial charge is 0.229 e. The van der Waals surface area contributed by atoms with E-state index in [1.807, 2.05) is 9.80 Å². The van der Waals surface area contributed by atoms with E-state index in [0.29, 0.717) is 76.1 Å². The van der Waals surface area contributed by atoms with Crippen molar-refractivity contribution in [1.29, 1.82) is 0 Å². The fourth-order valence-corrected chi connectivity index (χ4v) is 4.68. The maximum absolute atomic E-state index is 15.6. The van der Waals surface area contributed by atoms with Crippen LogP contribution in [-0.2, 0) is 9.47 Å². The monoisotopic (exact) mass is 427 g/mol. The molecule has 1 aromatic heterocycles. The third-order valence-corrected chi connectivity index (χ3v) is 6.40. The third-order valence-electron chi connectivity index (χ3n) is 6.40. The van der Waals surface area contributed by atoms with Crippen LogP contribution < -0.4 is 14.7 Å². The second-order valence-electron chi connectivity index (χ2n) is 8.38. The highest BCUT2D eigenvalue weighted by atomic mass is 19.1. The van der Waals surface area contributed by atoms with E-state index >= 15 is 4.39 Å². The number of hydrogen-bond donors (Lipinski definition) is 0. The van der Waals surface area contributed by atoms with Gasteiger partial charge in [0.2, 0.25) is 11.8 Å². The number of rotatable bonds is 4. The molecule has 0 aliphatic carbocycles. The maximum Gasteiger partial charge on any atom is 0.229 e. The van der Waals surface area contributed by atoms with Crippen molar-refractivity contribution in [3.8, 4) is 0 Å². The molecule has 7 nitrogen and oxygen atoms in total. The fourth-order valence-electron chi connectivity index (χ4n) is 4.68. The Kier molecular flexibility index (Phi) is 6.18. The third kappa shape index (κ3) is 4.45. The number of nitrogens with zero attached hydrogens (tertiary/aromatic N) is 5. The number of anilines is 3. The largest absolute Gasteiger partial charge is 0.378 e. The molecule has 0 amide bonds. The van der Waals surface area contributed by atoms with Gasteiger partial charge in [-0.05, 0) is 18.4 Å². The second kappa shape index (κ2) is 9.36. The number of hydrogen-bond acceptors (Lipinski definition) is 7. The molecule has 1 unspecified atom stereocenters. The molecule has 1 aromatic carbocycles. The Morgan fingerprint density at radius 2 is 1.35 bits per heavy atom. The lowest BCUT2D eigenvalue weighted by atomic mass is 9.91. The van der Waals surface area contributed by atoms with Gasteiger partial charge in [-0.3, -0.25) is 0 Å². The molecule has 3 fully saturated rings. The maximum atomic E-state index is 15.6. The van der Waals surface area contributed by atoms with Gasteiger partial charge >= 0.3 is 0 Å². The minimum absolute atomic E-state index is 0.329. The zero-order valence-electron chi connectivity index (χ0n) is 17.9. The van der Waals surface area contributed by atoms with Crippen LogP contribution in [-0.4, -0.2) is 75.7 Å². The molecule has 8 heteroatoms. The zero-order chi connectivity index (χ0) is 21.0. The fraction of sp³-hybridized carbons (Fsp3) is 0.565. The molecule has 0 N–H and O–H groups in total. The van der Waals surface area contributed by atoms with Crippen LogP contribution in [0.5, 0.6) is 0 Å². The molecule has 0 bridgehead atoms. The van der Waals surface area contributed by atoms with Crippen molar-refractivity contribution in [2.45, 2.75) is 18.8 Å². The number of ether oxygens (including phenoxy) is 2. The highest BCUT2D eigenvalue weighted by Gasteiger charge is 2.29. The molecular formula is C23H30FN5O2. The summed E-state index contributed by atoms with van der Waals surface area (Å²) in [5.74, 6) is 1.53. The van der Waals surface area contributed by atoms with Gasteiger partial charge in [0.15, 0.2) is 11.6 Å². The summed E-state index contributed by atoms with van der Waals surface area (Å²) in [4.78, 5) is 15.7. The number of benzene rings is 1. The summed E-state index contributed by atoms with van der Waals surface area (Å²) in [6, 6.07) is 10.6. The molecule has 3 aliphatic rings. The molecule has 3 saturated heterocycles. The van der Waals surface area contributed by atoms with Crippen molar-refractivity contribution in [1.82, 2.24) is 9.97 Å². The molecule has 1 atom stereocenters. The quantitative estimate of drug-likeness (QED) is 0.744.